The van der Waals surface area contributed by atoms with E-state index >= 15 is 0 Å². The van der Waals surface area contributed by atoms with Crippen LogP contribution in [0.25, 0.3) is 0 Å². The Bertz CT molecular complexity index is 321. The second kappa shape index (κ2) is 4.39. The van der Waals surface area contributed by atoms with Crippen molar-refractivity contribution in [3.8, 4) is 0 Å². The minimum atomic E-state index is 0.915. The first-order chi connectivity index (χ1) is 7.88. The van der Waals surface area contributed by atoms with Gasteiger partial charge >= 0.3 is 0 Å². The van der Waals surface area contributed by atoms with E-state index in [0.29, 0.717) is 0 Å². The second-order valence-electron chi connectivity index (χ2n) is 5.96. The number of hydrogen-bond donors (Lipinski definition) is 0. The zero-order chi connectivity index (χ0) is 11.0. The molecule has 2 fully saturated rings. The van der Waals surface area contributed by atoms with Crippen molar-refractivity contribution in [1.29, 1.82) is 0 Å². The highest BCUT2D eigenvalue weighted by molar-refractivity contribution is 5.40. The second-order valence-corrected chi connectivity index (χ2v) is 5.96. The lowest BCUT2D eigenvalue weighted by molar-refractivity contribution is 0.380. The van der Waals surface area contributed by atoms with Crippen molar-refractivity contribution in [2.24, 2.45) is 17.8 Å². The molecule has 3 atom stereocenters. The van der Waals surface area contributed by atoms with Gasteiger partial charge in [0.15, 0.2) is 0 Å². The van der Waals surface area contributed by atoms with Gasteiger partial charge in [0.1, 0.15) is 0 Å². The maximum atomic E-state index is 2.68. The third kappa shape index (κ3) is 1.77. The average Bonchev–Trinajstić information content (AvgIpc) is 2.89. The zero-order valence-electron chi connectivity index (χ0n) is 10.5. The van der Waals surface area contributed by atoms with Gasteiger partial charge in [-0.15, -0.1) is 0 Å². The Labute approximate surface area is 99.8 Å². The lowest BCUT2D eigenvalue weighted by Gasteiger charge is -2.25. The van der Waals surface area contributed by atoms with Crippen LogP contribution in [0.5, 0.6) is 0 Å². The summed E-state index contributed by atoms with van der Waals surface area (Å²) in [5.41, 5.74) is 3.45. The molecule has 0 aromatic carbocycles. The molecule has 0 N–H and O–H groups in total. The zero-order valence-corrected chi connectivity index (χ0v) is 10.5. The molecule has 0 aromatic heterocycles. The van der Waals surface area contributed by atoms with Gasteiger partial charge < -0.3 is 0 Å². The molecule has 0 aliphatic heterocycles. The highest BCUT2D eigenvalue weighted by atomic mass is 14.4. The fourth-order valence-corrected chi connectivity index (χ4v) is 4.06. The smallest absolute Gasteiger partial charge is 0.0136 e. The summed E-state index contributed by atoms with van der Waals surface area (Å²) < 4.78 is 0. The largest absolute Gasteiger partial charge is 0.0773 e. The summed E-state index contributed by atoms with van der Waals surface area (Å²) >= 11 is 0. The first-order valence-corrected chi connectivity index (χ1v) is 7.30. The molecule has 0 heterocycles. The summed E-state index contributed by atoms with van der Waals surface area (Å²) in [6.07, 6.45) is 16.7. The maximum absolute atomic E-state index is 2.68. The van der Waals surface area contributed by atoms with E-state index in [2.05, 4.69) is 19.1 Å². The van der Waals surface area contributed by atoms with Gasteiger partial charge in [0.05, 0.1) is 0 Å². The Hall–Kier alpha value is -0.520. The normalized spacial score (nSPS) is 36.7. The first-order valence-electron chi connectivity index (χ1n) is 7.30. The van der Waals surface area contributed by atoms with E-state index in [1.165, 1.54) is 51.4 Å². The molecule has 0 spiro atoms. The maximum Gasteiger partial charge on any atom is -0.0136 e. The summed E-state index contributed by atoms with van der Waals surface area (Å²) in [5, 5.41) is 0. The van der Waals surface area contributed by atoms with E-state index in [0.717, 1.165) is 17.8 Å². The van der Waals surface area contributed by atoms with Crippen LogP contribution in [0.2, 0.25) is 0 Å². The topological polar surface area (TPSA) is 0 Å². The van der Waals surface area contributed by atoms with Gasteiger partial charge in [0.25, 0.3) is 0 Å². The van der Waals surface area contributed by atoms with Crippen molar-refractivity contribution < 1.29 is 0 Å². The van der Waals surface area contributed by atoms with Gasteiger partial charge in [-0.1, -0.05) is 31.9 Å². The Morgan fingerprint density at radius 1 is 1.12 bits per heavy atom. The predicted molar refractivity (Wildman–Crippen MR) is 69.2 cm³/mol. The van der Waals surface area contributed by atoms with Gasteiger partial charge in [-0.2, -0.15) is 0 Å². The van der Waals surface area contributed by atoms with Crippen LogP contribution in [0, 0.1) is 17.8 Å². The molecular formula is C16H24. The molecule has 3 aliphatic carbocycles. The average molecular weight is 216 g/mol. The molecule has 88 valence electrons. The third-order valence-corrected chi connectivity index (χ3v) is 4.95. The fraction of sp³-hybridized carbons (Fsp3) is 0.750. The molecule has 0 amide bonds. The quantitative estimate of drug-likeness (QED) is 0.631. The summed E-state index contributed by atoms with van der Waals surface area (Å²) in [5.74, 6) is 2.85. The lowest BCUT2D eigenvalue weighted by Crippen LogP contribution is -2.15. The molecule has 3 unspecified atom stereocenters. The van der Waals surface area contributed by atoms with Gasteiger partial charge in [0, 0.05) is 0 Å². The molecule has 0 radical (unpaired) electrons. The van der Waals surface area contributed by atoms with Gasteiger partial charge in [-0.25, -0.2) is 0 Å². The molecule has 0 bridgehead atoms. The Morgan fingerprint density at radius 3 is 2.75 bits per heavy atom. The highest BCUT2D eigenvalue weighted by Crippen LogP contribution is 2.48. The molecule has 0 aromatic rings. The van der Waals surface area contributed by atoms with Crippen molar-refractivity contribution in [3.63, 3.8) is 0 Å². The number of allylic oxidation sites excluding steroid dienone is 4. The predicted octanol–water partition coefficient (Wildman–Crippen LogP) is 4.87. The summed E-state index contributed by atoms with van der Waals surface area (Å²) in [7, 11) is 0. The lowest BCUT2D eigenvalue weighted by atomic mass is 9.80. The van der Waals surface area contributed by atoms with Crippen LogP contribution in [0.15, 0.2) is 23.3 Å². The molecular weight excluding hydrogens is 192 g/mol. The monoisotopic (exact) mass is 216 g/mol. The van der Waals surface area contributed by atoms with Crippen molar-refractivity contribution in [1.82, 2.24) is 0 Å². The third-order valence-electron chi connectivity index (χ3n) is 4.95. The van der Waals surface area contributed by atoms with Crippen LogP contribution < -0.4 is 0 Å². The Morgan fingerprint density at radius 2 is 1.94 bits per heavy atom. The van der Waals surface area contributed by atoms with E-state index in [-0.39, 0.29) is 0 Å². The van der Waals surface area contributed by atoms with Crippen LogP contribution in [0.4, 0.5) is 0 Å². The number of unbranched alkanes of at least 4 members (excludes halogenated alkanes) is 1. The number of rotatable bonds is 3. The van der Waals surface area contributed by atoms with Gasteiger partial charge in [-0.05, 0) is 67.4 Å². The Balaban J connectivity index is 1.74. The SMILES string of the molecule is CCCCC1CCC2C=C3CCCC3=CC21. The van der Waals surface area contributed by atoms with E-state index in [1.54, 1.807) is 11.1 Å². The summed E-state index contributed by atoms with van der Waals surface area (Å²) in [6.45, 7) is 2.32. The molecule has 3 rings (SSSR count). The van der Waals surface area contributed by atoms with Crippen molar-refractivity contribution >= 4 is 0 Å². The van der Waals surface area contributed by atoms with Crippen LogP contribution in [-0.4, -0.2) is 0 Å². The molecule has 2 saturated carbocycles. The summed E-state index contributed by atoms with van der Waals surface area (Å²) in [6, 6.07) is 0. The Kier molecular flexibility index (Phi) is 2.91. The number of fused-ring (bicyclic) bond motifs is 2. The van der Waals surface area contributed by atoms with E-state index in [1.807, 2.05) is 0 Å². The summed E-state index contributed by atoms with van der Waals surface area (Å²) in [4.78, 5) is 0. The van der Waals surface area contributed by atoms with Crippen molar-refractivity contribution in [2.75, 3.05) is 0 Å². The minimum Gasteiger partial charge on any atom is -0.0773 e. The van der Waals surface area contributed by atoms with Gasteiger partial charge in [-0.3, -0.25) is 0 Å². The molecule has 16 heavy (non-hydrogen) atoms. The molecule has 0 nitrogen and oxygen atoms in total. The minimum absolute atomic E-state index is 0.915. The van der Waals surface area contributed by atoms with E-state index < -0.39 is 0 Å². The van der Waals surface area contributed by atoms with Crippen LogP contribution in [-0.2, 0) is 0 Å². The van der Waals surface area contributed by atoms with Crippen LogP contribution in [0.1, 0.15) is 58.3 Å². The first kappa shape index (κ1) is 10.6. The van der Waals surface area contributed by atoms with Crippen molar-refractivity contribution in [2.45, 2.75) is 58.3 Å². The molecule has 3 aliphatic rings. The number of hydrogen-bond acceptors (Lipinski definition) is 0. The van der Waals surface area contributed by atoms with E-state index in [9.17, 15) is 0 Å². The molecule has 0 heteroatoms. The molecule has 0 saturated heterocycles. The highest BCUT2D eigenvalue weighted by Gasteiger charge is 2.36. The fourth-order valence-electron chi connectivity index (χ4n) is 4.06. The van der Waals surface area contributed by atoms with Crippen molar-refractivity contribution in [3.05, 3.63) is 23.3 Å². The van der Waals surface area contributed by atoms with Crippen LogP contribution >= 0.6 is 0 Å². The van der Waals surface area contributed by atoms with Gasteiger partial charge in [0.2, 0.25) is 0 Å². The standard InChI is InChI=1S/C16H24/c1-2-3-5-12-8-9-15-10-13-6-4-7-14(13)11-16(12)15/h10-12,15-16H,2-9H2,1H3. The van der Waals surface area contributed by atoms with E-state index in [4.69, 9.17) is 0 Å². The van der Waals surface area contributed by atoms with Crippen LogP contribution in [0.3, 0.4) is 0 Å².